The lowest BCUT2D eigenvalue weighted by atomic mass is 10.0. The maximum Gasteiger partial charge on any atom is 0.159 e. The number of Topliss-reactive ketones (excluding diaryl/α,β-unsaturated/α-hetero) is 1. The van der Waals surface area contributed by atoms with Crippen LogP contribution >= 0.6 is 15.9 Å². The van der Waals surface area contributed by atoms with E-state index in [9.17, 15) is 4.79 Å². The first-order valence-electron chi connectivity index (χ1n) is 4.06. The largest absolute Gasteiger partial charge is 0.295 e. The first-order chi connectivity index (χ1) is 5.77. The van der Waals surface area contributed by atoms with Crippen LogP contribution in [0.1, 0.15) is 12.8 Å². The van der Waals surface area contributed by atoms with Crippen molar-refractivity contribution in [1.29, 1.82) is 0 Å². The maximum atomic E-state index is 11.3. The lowest BCUT2D eigenvalue weighted by Gasteiger charge is -2.01. The average Bonchev–Trinajstić information content (AvgIpc) is 2.31. The summed E-state index contributed by atoms with van der Waals surface area (Å²) in [4.78, 5) is 11.3. The molecule has 1 atom stereocenters. The van der Waals surface area contributed by atoms with Crippen LogP contribution in [0.25, 0.3) is 0 Å². The molecule has 0 N–H and O–H groups in total. The molecule has 0 bridgehead atoms. The van der Waals surface area contributed by atoms with Gasteiger partial charge >= 0.3 is 0 Å². The van der Waals surface area contributed by atoms with Gasteiger partial charge in [-0.2, -0.15) is 0 Å². The highest BCUT2D eigenvalue weighted by Gasteiger charge is 2.26. The smallest absolute Gasteiger partial charge is 0.159 e. The van der Waals surface area contributed by atoms with Gasteiger partial charge in [-0.1, -0.05) is 34.2 Å². The molecule has 0 aromatic rings. The van der Waals surface area contributed by atoms with E-state index in [4.69, 9.17) is 0 Å². The Morgan fingerprint density at radius 2 is 2.33 bits per heavy atom. The van der Waals surface area contributed by atoms with Crippen molar-refractivity contribution in [3.63, 3.8) is 0 Å². The second-order valence-electron chi connectivity index (χ2n) is 3.10. The van der Waals surface area contributed by atoms with E-state index in [2.05, 4.69) is 22.0 Å². The zero-order chi connectivity index (χ0) is 8.55. The van der Waals surface area contributed by atoms with Gasteiger partial charge in [-0.3, -0.25) is 4.79 Å². The number of carbonyl (C=O) groups excluding carboxylic acids is 1. The van der Waals surface area contributed by atoms with E-state index in [-0.39, 0.29) is 0 Å². The van der Waals surface area contributed by atoms with E-state index in [0.717, 1.165) is 16.5 Å². The van der Waals surface area contributed by atoms with Gasteiger partial charge in [0.1, 0.15) is 0 Å². The van der Waals surface area contributed by atoms with Crippen LogP contribution in [0, 0.1) is 5.92 Å². The minimum atomic E-state index is 0.308. The van der Waals surface area contributed by atoms with Gasteiger partial charge in [0.2, 0.25) is 0 Å². The third-order valence-electron chi connectivity index (χ3n) is 2.30. The lowest BCUT2D eigenvalue weighted by molar-refractivity contribution is -0.114. The highest BCUT2D eigenvalue weighted by molar-refractivity contribution is 9.11. The summed E-state index contributed by atoms with van der Waals surface area (Å²) in [6, 6.07) is 0. The first kappa shape index (κ1) is 7.99. The number of carbonyl (C=O) groups is 1. The molecule has 0 spiro atoms. The summed E-state index contributed by atoms with van der Waals surface area (Å²) in [6.07, 6.45) is 9.63. The number of fused-ring (bicyclic) bond motifs is 1. The molecule has 0 heterocycles. The maximum absolute atomic E-state index is 11.3. The molecule has 1 nitrogen and oxygen atoms in total. The Morgan fingerprint density at radius 3 is 3.17 bits per heavy atom. The predicted molar refractivity (Wildman–Crippen MR) is 52.0 cm³/mol. The highest BCUT2D eigenvalue weighted by Crippen LogP contribution is 2.32. The highest BCUT2D eigenvalue weighted by atomic mass is 79.9. The van der Waals surface area contributed by atoms with Crippen molar-refractivity contribution in [2.45, 2.75) is 12.8 Å². The minimum absolute atomic E-state index is 0.308. The van der Waals surface area contributed by atoms with E-state index < -0.39 is 0 Å². The Labute approximate surface area is 80.0 Å². The Kier molecular flexibility index (Phi) is 2.01. The summed E-state index contributed by atoms with van der Waals surface area (Å²) < 4.78 is 1.08. The van der Waals surface area contributed by atoms with Crippen molar-refractivity contribution in [2.24, 2.45) is 5.92 Å². The number of allylic oxidation sites excluding steroid dienone is 6. The monoisotopic (exact) mass is 224 g/mol. The van der Waals surface area contributed by atoms with Crippen LogP contribution in [0.15, 0.2) is 34.4 Å². The summed E-state index contributed by atoms with van der Waals surface area (Å²) >= 11 is 3.42. The zero-order valence-electron chi connectivity index (χ0n) is 6.59. The molecule has 1 unspecified atom stereocenters. The summed E-state index contributed by atoms with van der Waals surface area (Å²) in [5, 5.41) is 0. The van der Waals surface area contributed by atoms with Crippen molar-refractivity contribution >= 4 is 21.7 Å². The van der Waals surface area contributed by atoms with E-state index in [1.807, 2.05) is 18.2 Å². The number of hydrogen-bond donors (Lipinski definition) is 0. The Balaban J connectivity index is 2.39. The second-order valence-corrected chi connectivity index (χ2v) is 4.02. The topological polar surface area (TPSA) is 17.1 Å². The van der Waals surface area contributed by atoms with Crippen LogP contribution in [0.5, 0.6) is 0 Å². The van der Waals surface area contributed by atoms with Crippen molar-refractivity contribution in [3.05, 3.63) is 34.4 Å². The van der Waals surface area contributed by atoms with E-state index in [1.165, 1.54) is 0 Å². The number of halogens is 1. The van der Waals surface area contributed by atoms with Crippen LogP contribution in [0.3, 0.4) is 0 Å². The Morgan fingerprint density at radius 1 is 1.50 bits per heavy atom. The molecule has 0 aromatic carbocycles. The van der Waals surface area contributed by atoms with Gasteiger partial charge in [-0.05, 0) is 12.5 Å². The molecule has 0 aromatic heterocycles. The molecule has 0 saturated heterocycles. The molecule has 12 heavy (non-hydrogen) atoms. The molecule has 2 heteroatoms. The van der Waals surface area contributed by atoms with E-state index in [0.29, 0.717) is 18.1 Å². The molecule has 1 fully saturated rings. The van der Waals surface area contributed by atoms with Crippen LogP contribution in [0.4, 0.5) is 0 Å². The molecule has 62 valence electrons. The number of ketones is 1. The molecule has 2 aliphatic rings. The zero-order valence-corrected chi connectivity index (χ0v) is 8.17. The van der Waals surface area contributed by atoms with Crippen molar-refractivity contribution in [3.8, 4) is 0 Å². The minimum Gasteiger partial charge on any atom is -0.295 e. The van der Waals surface area contributed by atoms with E-state index >= 15 is 0 Å². The molecule has 2 rings (SSSR count). The summed E-state index contributed by atoms with van der Waals surface area (Å²) in [5.74, 6) is 0.657. The van der Waals surface area contributed by atoms with Crippen LogP contribution < -0.4 is 0 Å². The van der Waals surface area contributed by atoms with Crippen molar-refractivity contribution < 1.29 is 4.79 Å². The predicted octanol–water partition coefficient (Wildman–Crippen LogP) is 2.74. The van der Waals surface area contributed by atoms with Crippen LogP contribution in [0.2, 0.25) is 0 Å². The normalized spacial score (nSPS) is 27.8. The third-order valence-corrected chi connectivity index (χ3v) is 2.82. The first-order valence-corrected chi connectivity index (χ1v) is 4.85. The molecular formula is C10H9BrO. The molecule has 0 amide bonds. The van der Waals surface area contributed by atoms with Gasteiger partial charge in [-0.15, -0.1) is 0 Å². The van der Waals surface area contributed by atoms with Crippen molar-refractivity contribution in [2.75, 3.05) is 0 Å². The number of hydrogen-bond acceptors (Lipinski definition) is 1. The third kappa shape index (κ3) is 1.31. The second kappa shape index (κ2) is 3.02. The fourth-order valence-electron chi connectivity index (χ4n) is 1.67. The molecule has 2 aliphatic carbocycles. The Bertz CT molecular complexity index is 310. The van der Waals surface area contributed by atoms with Crippen LogP contribution in [-0.4, -0.2) is 5.78 Å². The average molecular weight is 225 g/mol. The fourth-order valence-corrected chi connectivity index (χ4v) is 2.15. The van der Waals surface area contributed by atoms with Crippen LogP contribution in [-0.2, 0) is 4.79 Å². The quantitative estimate of drug-likeness (QED) is 0.619. The SMILES string of the molecule is O=C1CCC2C=C(Br)C=CC=C12. The summed E-state index contributed by atoms with van der Waals surface area (Å²) in [7, 11) is 0. The molecular weight excluding hydrogens is 216 g/mol. The van der Waals surface area contributed by atoms with Gasteiger partial charge in [0.25, 0.3) is 0 Å². The van der Waals surface area contributed by atoms with Gasteiger partial charge in [0.15, 0.2) is 5.78 Å². The van der Waals surface area contributed by atoms with Gasteiger partial charge in [-0.25, -0.2) is 0 Å². The van der Waals surface area contributed by atoms with Gasteiger partial charge < -0.3 is 0 Å². The van der Waals surface area contributed by atoms with Crippen molar-refractivity contribution in [1.82, 2.24) is 0 Å². The van der Waals surface area contributed by atoms with Gasteiger partial charge in [0, 0.05) is 22.4 Å². The summed E-state index contributed by atoms with van der Waals surface area (Å²) in [6.45, 7) is 0. The lowest BCUT2D eigenvalue weighted by Crippen LogP contribution is -1.97. The fraction of sp³-hybridized carbons (Fsp3) is 0.300. The molecule has 1 saturated carbocycles. The molecule has 0 aliphatic heterocycles. The summed E-state index contributed by atoms with van der Waals surface area (Å²) in [5.41, 5.74) is 0.973. The number of rotatable bonds is 0. The standard InChI is InChI=1S/C10H9BrO/c11-8-2-1-3-9-7(6-8)4-5-10(9)12/h1-3,6-7H,4-5H2. The van der Waals surface area contributed by atoms with Gasteiger partial charge in [0.05, 0.1) is 0 Å². The Hall–Kier alpha value is -0.630. The van der Waals surface area contributed by atoms with E-state index in [1.54, 1.807) is 0 Å². The molecule has 0 radical (unpaired) electrons.